The van der Waals surface area contributed by atoms with Crippen molar-refractivity contribution in [1.29, 1.82) is 0 Å². The van der Waals surface area contributed by atoms with Gasteiger partial charge in [-0.3, -0.25) is 0 Å². The van der Waals surface area contributed by atoms with Gasteiger partial charge in [0, 0.05) is 28.0 Å². The fourth-order valence-electron chi connectivity index (χ4n) is 3.10. The minimum absolute atomic E-state index is 0.272. The standard InChI is InChI=1S/C20H17Cl3N2O3/c21-14-1-4-16(5-2-14)26-10-17-11-27-20(28-17,12-25-8-7-24-13-25)18-6-3-15(22)9-19(18)23/h1-9,13,17H,10-12H2. The summed E-state index contributed by atoms with van der Waals surface area (Å²) < 4.78 is 20.2. The molecule has 0 bridgehead atoms. The number of imidazole rings is 1. The average molecular weight is 440 g/mol. The molecule has 2 atom stereocenters. The van der Waals surface area contributed by atoms with Crippen LogP contribution in [0.1, 0.15) is 5.56 Å². The highest BCUT2D eigenvalue weighted by Gasteiger charge is 2.45. The lowest BCUT2D eigenvalue weighted by molar-refractivity contribution is -0.189. The molecule has 1 aromatic heterocycles. The second kappa shape index (κ2) is 8.31. The maximum Gasteiger partial charge on any atom is 0.215 e. The molecule has 0 radical (unpaired) electrons. The first-order valence-corrected chi connectivity index (χ1v) is 9.79. The van der Waals surface area contributed by atoms with Crippen molar-refractivity contribution in [3.05, 3.63) is 81.8 Å². The third-order valence-corrected chi connectivity index (χ3v) is 5.20. The topological polar surface area (TPSA) is 45.5 Å². The molecular weight excluding hydrogens is 423 g/mol. The quantitative estimate of drug-likeness (QED) is 0.530. The summed E-state index contributed by atoms with van der Waals surface area (Å²) in [4.78, 5) is 4.09. The first kappa shape index (κ1) is 19.6. The number of rotatable bonds is 6. The van der Waals surface area contributed by atoms with Gasteiger partial charge in [-0.1, -0.05) is 40.9 Å². The number of hydrogen-bond acceptors (Lipinski definition) is 4. The molecule has 0 aliphatic carbocycles. The molecule has 4 rings (SSSR count). The Morgan fingerprint density at radius 1 is 1.11 bits per heavy atom. The Morgan fingerprint density at radius 2 is 1.89 bits per heavy atom. The molecule has 0 N–H and O–H groups in total. The lowest BCUT2D eigenvalue weighted by atomic mass is 10.1. The van der Waals surface area contributed by atoms with E-state index < -0.39 is 5.79 Å². The van der Waals surface area contributed by atoms with E-state index in [-0.39, 0.29) is 6.10 Å². The number of nitrogens with zero attached hydrogens (tertiary/aromatic N) is 2. The van der Waals surface area contributed by atoms with Gasteiger partial charge in [-0.2, -0.15) is 0 Å². The predicted molar refractivity (Wildman–Crippen MR) is 108 cm³/mol. The molecule has 5 nitrogen and oxygen atoms in total. The summed E-state index contributed by atoms with van der Waals surface area (Å²) >= 11 is 18.4. The van der Waals surface area contributed by atoms with Crippen molar-refractivity contribution in [1.82, 2.24) is 9.55 Å². The highest BCUT2D eigenvalue weighted by molar-refractivity contribution is 6.35. The zero-order valence-electron chi connectivity index (χ0n) is 14.7. The van der Waals surface area contributed by atoms with Gasteiger partial charge in [-0.25, -0.2) is 4.98 Å². The van der Waals surface area contributed by atoms with Gasteiger partial charge in [0.2, 0.25) is 5.79 Å². The van der Waals surface area contributed by atoms with E-state index in [1.807, 2.05) is 29.0 Å². The first-order valence-electron chi connectivity index (χ1n) is 8.65. The maximum atomic E-state index is 6.46. The molecule has 0 spiro atoms. The number of benzene rings is 2. The maximum absolute atomic E-state index is 6.46. The predicted octanol–water partition coefficient (Wildman–Crippen LogP) is 5.19. The summed E-state index contributed by atoms with van der Waals surface area (Å²) in [6, 6.07) is 12.4. The van der Waals surface area contributed by atoms with Crippen LogP contribution >= 0.6 is 34.8 Å². The van der Waals surface area contributed by atoms with Crippen molar-refractivity contribution in [2.24, 2.45) is 0 Å². The molecule has 1 aliphatic heterocycles. The zero-order valence-corrected chi connectivity index (χ0v) is 17.0. The summed E-state index contributed by atoms with van der Waals surface area (Å²) in [5.74, 6) is -0.347. The van der Waals surface area contributed by atoms with E-state index in [4.69, 9.17) is 49.0 Å². The molecule has 8 heteroatoms. The van der Waals surface area contributed by atoms with E-state index in [2.05, 4.69) is 4.98 Å². The fraction of sp³-hybridized carbons (Fsp3) is 0.250. The summed E-state index contributed by atoms with van der Waals surface area (Å²) in [6.07, 6.45) is 4.98. The molecule has 2 unspecified atom stereocenters. The molecule has 1 fully saturated rings. The van der Waals surface area contributed by atoms with Crippen LogP contribution in [0.4, 0.5) is 0 Å². The first-order chi connectivity index (χ1) is 13.5. The normalized spacial score (nSPS) is 21.8. The van der Waals surface area contributed by atoms with Crippen LogP contribution in [0.25, 0.3) is 0 Å². The van der Waals surface area contributed by atoms with Crippen LogP contribution in [0.2, 0.25) is 15.1 Å². The van der Waals surface area contributed by atoms with Crippen LogP contribution in [0, 0.1) is 0 Å². The Labute approximate surface area is 177 Å². The van der Waals surface area contributed by atoms with E-state index >= 15 is 0 Å². The van der Waals surface area contributed by atoms with Gasteiger partial charge in [0.05, 0.1) is 24.5 Å². The largest absolute Gasteiger partial charge is 0.491 e. The molecule has 0 amide bonds. The van der Waals surface area contributed by atoms with Gasteiger partial charge in [0.25, 0.3) is 0 Å². The molecule has 146 valence electrons. The van der Waals surface area contributed by atoms with Gasteiger partial charge < -0.3 is 18.8 Å². The Kier molecular flexibility index (Phi) is 5.80. The van der Waals surface area contributed by atoms with Gasteiger partial charge in [0.1, 0.15) is 18.5 Å². The molecule has 0 saturated carbocycles. The Morgan fingerprint density at radius 3 is 2.61 bits per heavy atom. The van der Waals surface area contributed by atoms with Crippen LogP contribution in [-0.4, -0.2) is 28.9 Å². The monoisotopic (exact) mass is 438 g/mol. The van der Waals surface area contributed by atoms with E-state index in [1.54, 1.807) is 36.8 Å². The number of ether oxygens (including phenoxy) is 3. The molecular formula is C20H17Cl3N2O3. The molecule has 2 heterocycles. The van der Waals surface area contributed by atoms with Gasteiger partial charge in [-0.05, 0) is 36.4 Å². The van der Waals surface area contributed by atoms with Crippen molar-refractivity contribution in [3.8, 4) is 5.75 Å². The lowest BCUT2D eigenvalue weighted by Gasteiger charge is -2.30. The van der Waals surface area contributed by atoms with E-state index in [0.29, 0.717) is 46.1 Å². The number of hydrogen-bond donors (Lipinski definition) is 0. The van der Waals surface area contributed by atoms with Crippen molar-refractivity contribution in [3.63, 3.8) is 0 Å². The lowest BCUT2D eigenvalue weighted by Crippen LogP contribution is -2.34. The van der Waals surface area contributed by atoms with Crippen molar-refractivity contribution < 1.29 is 14.2 Å². The van der Waals surface area contributed by atoms with E-state index in [0.717, 1.165) is 0 Å². The summed E-state index contributed by atoms with van der Waals surface area (Å²) in [5, 5.41) is 1.68. The van der Waals surface area contributed by atoms with Crippen LogP contribution in [0.5, 0.6) is 5.75 Å². The fourth-order valence-corrected chi connectivity index (χ4v) is 3.77. The van der Waals surface area contributed by atoms with Crippen LogP contribution < -0.4 is 4.74 Å². The summed E-state index contributed by atoms with van der Waals surface area (Å²) in [6.45, 7) is 1.09. The number of aromatic nitrogens is 2. The average Bonchev–Trinajstić information content (AvgIpc) is 3.32. The van der Waals surface area contributed by atoms with Crippen LogP contribution in [0.3, 0.4) is 0 Å². The smallest absolute Gasteiger partial charge is 0.215 e. The van der Waals surface area contributed by atoms with Crippen molar-refractivity contribution in [2.45, 2.75) is 18.4 Å². The van der Waals surface area contributed by atoms with E-state index in [9.17, 15) is 0 Å². The van der Waals surface area contributed by atoms with Gasteiger partial charge in [-0.15, -0.1) is 0 Å². The second-order valence-electron chi connectivity index (χ2n) is 6.43. The Balaban J connectivity index is 1.54. The summed E-state index contributed by atoms with van der Waals surface area (Å²) in [7, 11) is 0. The third-order valence-electron chi connectivity index (χ3n) is 4.40. The second-order valence-corrected chi connectivity index (χ2v) is 7.71. The third kappa shape index (κ3) is 4.29. The van der Waals surface area contributed by atoms with Gasteiger partial charge in [0.15, 0.2) is 0 Å². The van der Waals surface area contributed by atoms with Crippen molar-refractivity contribution >= 4 is 34.8 Å². The Bertz CT molecular complexity index is 934. The minimum atomic E-state index is -1.06. The molecule has 3 aromatic rings. The number of halogens is 3. The Hall–Kier alpha value is -1.76. The minimum Gasteiger partial charge on any atom is -0.491 e. The molecule has 1 saturated heterocycles. The highest BCUT2D eigenvalue weighted by atomic mass is 35.5. The van der Waals surface area contributed by atoms with Crippen molar-refractivity contribution in [2.75, 3.05) is 13.2 Å². The SMILES string of the molecule is Clc1ccc(OCC2COC(Cn3ccnc3)(c3ccc(Cl)cc3Cl)O2)cc1. The zero-order chi connectivity index (χ0) is 19.6. The molecule has 2 aromatic carbocycles. The van der Waals surface area contributed by atoms with E-state index in [1.165, 1.54) is 0 Å². The highest BCUT2D eigenvalue weighted by Crippen LogP contribution is 2.40. The van der Waals surface area contributed by atoms with Crippen LogP contribution in [-0.2, 0) is 21.8 Å². The van der Waals surface area contributed by atoms with Gasteiger partial charge >= 0.3 is 0 Å². The molecule has 28 heavy (non-hydrogen) atoms. The molecule has 1 aliphatic rings. The summed E-state index contributed by atoms with van der Waals surface area (Å²) in [5.41, 5.74) is 0.709. The van der Waals surface area contributed by atoms with Crippen LogP contribution in [0.15, 0.2) is 61.2 Å².